The Kier molecular flexibility index (Phi) is 8.58. The van der Waals surface area contributed by atoms with Gasteiger partial charge in [0.2, 0.25) is 17.7 Å². The summed E-state index contributed by atoms with van der Waals surface area (Å²) in [4.78, 5) is 60.7. The van der Waals surface area contributed by atoms with Crippen LogP contribution in [-0.2, 0) is 57.6 Å². The lowest BCUT2D eigenvalue weighted by molar-refractivity contribution is -0.217. The molecule has 13 heteroatoms. The standard InChI is InChI=1S/C35H40N4O9/c1-38(2)27(42)11-10-21-6-5-7-22(16-21)20-39-30-32(43)45-25-19-35(30,33(44)37-13-12-26(41)36-14-15-40)31(48-39)29-28(25)46-34(47-29)17-23-8-3-4-9-24(23)18-34/h3-11,16,25,28-31,40H,12-15,17-20H2,1-2H3,(H,36,41)(H,37,44)/t25-,28-,29-,30-,31+,35-/m0/s1. The molecule has 254 valence electrons. The fourth-order valence-electron chi connectivity index (χ4n) is 7.79. The van der Waals surface area contributed by atoms with E-state index in [1.165, 1.54) is 16.0 Å². The van der Waals surface area contributed by atoms with Crippen molar-refractivity contribution in [3.05, 3.63) is 76.9 Å². The highest BCUT2D eigenvalue weighted by atomic mass is 16.8. The Hall–Kier alpha value is -4.14. The van der Waals surface area contributed by atoms with E-state index in [9.17, 15) is 19.2 Å². The van der Waals surface area contributed by atoms with Crippen LogP contribution in [-0.4, -0.2) is 109 Å². The summed E-state index contributed by atoms with van der Waals surface area (Å²) in [5.41, 5.74) is 2.45. The van der Waals surface area contributed by atoms with Crippen molar-refractivity contribution < 1.29 is 43.3 Å². The summed E-state index contributed by atoms with van der Waals surface area (Å²) in [5, 5.41) is 16.0. The molecular weight excluding hydrogens is 620 g/mol. The number of amides is 3. The zero-order valence-electron chi connectivity index (χ0n) is 26.9. The maximum Gasteiger partial charge on any atom is 0.327 e. The van der Waals surface area contributed by atoms with Crippen LogP contribution in [0.4, 0.5) is 0 Å². The number of esters is 1. The van der Waals surface area contributed by atoms with Gasteiger partial charge in [-0.3, -0.25) is 24.0 Å². The number of benzene rings is 2. The third-order valence-electron chi connectivity index (χ3n) is 9.93. The quantitative estimate of drug-likeness (QED) is 0.242. The Morgan fingerprint density at radius 2 is 1.77 bits per heavy atom. The first-order chi connectivity index (χ1) is 23.1. The molecule has 0 radical (unpaired) electrons. The molecule has 4 fully saturated rings. The van der Waals surface area contributed by atoms with Crippen LogP contribution in [0, 0.1) is 5.41 Å². The first-order valence-corrected chi connectivity index (χ1v) is 16.3. The molecule has 2 aromatic rings. The van der Waals surface area contributed by atoms with E-state index >= 15 is 0 Å². The van der Waals surface area contributed by atoms with E-state index in [-0.39, 0.29) is 50.9 Å². The largest absolute Gasteiger partial charge is 0.458 e. The lowest BCUT2D eigenvalue weighted by Gasteiger charge is -2.48. The third kappa shape index (κ3) is 5.69. The fraction of sp³-hybridized carbons (Fsp3) is 0.486. The molecule has 7 rings (SSSR count). The van der Waals surface area contributed by atoms with Crippen molar-refractivity contribution in [1.82, 2.24) is 20.6 Å². The Morgan fingerprint density at radius 3 is 2.50 bits per heavy atom. The molecule has 3 amide bonds. The Morgan fingerprint density at radius 1 is 1.02 bits per heavy atom. The van der Waals surface area contributed by atoms with Crippen LogP contribution in [0.15, 0.2) is 54.6 Å². The summed E-state index contributed by atoms with van der Waals surface area (Å²) in [6.07, 6.45) is 1.46. The molecule has 1 saturated carbocycles. The summed E-state index contributed by atoms with van der Waals surface area (Å²) in [6.45, 7) is 0.109. The molecule has 48 heavy (non-hydrogen) atoms. The molecule has 2 aromatic carbocycles. The fourth-order valence-corrected chi connectivity index (χ4v) is 7.79. The monoisotopic (exact) mass is 660 g/mol. The number of fused-ring (bicyclic) bond motifs is 5. The third-order valence-corrected chi connectivity index (χ3v) is 9.93. The predicted molar refractivity (Wildman–Crippen MR) is 169 cm³/mol. The van der Waals surface area contributed by atoms with Gasteiger partial charge in [0.15, 0.2) is 11.8 Å². The smallest absolute Gasteiger partial charge is 0.327 e. The lowest BCUT2D eigenvalue weighted by atomic mass is 9.62. The van der Waals surface area contributed by atoms with Crippen LogP contribution < -0.4 is 10.6 Å². The van der Waals surface area contributed by atoms with Crippen molar-refractivity contribution in [2.75, 3.05) is 33.8 Å². The van der Waals surface area contributed by atoms with Crippen LogP contribution >= 0.6 is 0 Å². The van der Waals surface area contributed by atoms with Crippen molar-refractivity contribution >= 4 is 29.8 Å². The first kappa shape index (κ1) is 32.4. The van der Waals surface area contributed by atoms with E-state index in [4.69, 9.17) is 24.2 Å². The number of carbonyl (C=O) groups excluding carboxylic acids is 4. The van der Waals surface area contributed by atoms with Gasteiger partial charge in [-0.15, -0.1) is 0 Å². The number of hydroxylamine groups is 2. The molecule has 3 saturated heterocycles. The van der Waals surface area contributed by atoms with Gasteiger partial charge >= 0.3 is 5.97 Å². The summed E-state index contributed by atoms with van der Waals surface area (Å²) in [6, 6.07) is 14.5. The summed E-state index contributed by atoms with van der Waals surface area (Å²) >= 11 is 0. The molecular formula is C35H40N4O9. The number of carbonyl (C=O) groups is 4. The second-order valence-electron chi connectivity index (χ2n) is 13.3. The SMILES string of the molecule is CN(C)C(=O)C=Cc1cccc(CN2O[C@@H]3[C@H]4OC5(Cc6ccccc6C5)O[C@H]4[C@@H]4C[C@]3(C(=O)NCCC(=O)NCCO)[C@@H]2C(=O)O4)c1. The van der Waals surface area contributed by atoms with Crippen molar-refractivity contribution in [3.8, 4) is 0 Å². The number of ether oxygens (including phenoxy) is 3. The normalized spacial score (nSPS) is 29.4. The average Bonchev–Trinajstić information content (AvgIpc) is 3.74. The van der Waals surface area contributed by atoms with Crippen LogP contribution in [0.5, 0.6) is 0 Å². The molecule has 3 N–H and O–H groups in total. The van der Waals surface area contributed by atoms with E-state index in [0.29, 0.717) is 12.8 Å². The number of nitrogens with one attached hydrogen (secondary N) is 2. The number of hydrogen-bond donors (Lipinski definition) is 3. The molecule has 2 aliphatic carbocycles. The van der Waals surface area contributed by atoms with Gasteiger partial charge in [-0.2, -0.15) is 5.06 Å². The summed E-state index contributed by atoms with van der Waals surface area (Å²) in [7, 11) is 3.35. The molecule has 6 atom stereocenters. The number of aliphatic hydroxyl groups excluding tert-OH is 1. The highest BCUT2D eigenvalue weighted by Crippen LogP contribution is 2.58. The number of hydrogen-bond acceptors (Lipinski definition) is 10. The van der Waals surface area contributed by atoms with Crippen molar-refractivity contribution in [2.24, 2.45) is 5.41 Å². The highest BCUT2D eigenvalue weighted by molar-refractivity contribution is 5.94. The minimum atomic E-state index is -1.38. The highest BCUT2D eigenvalue weighted by Gasteiger charge is 2.76. The second kappa shape index (κ2) is 12.7. The van der Waals surface area contributed by atoms with Crippen LogP contribution in [0.2, 0.25) is 0 Å². The zero-order chi connectivity index (χ0) is 33.6. The predicted octanol–water partition coefficient (Wildman–Crippen LogP) is 0.482. The molecule has 5 aliphatic rings. The van der Waals surface area contributed by atoms with E-state index in [0.717, 1.165) is 22.3 Å². The number of rotatable bonds is 10. The molecule has 0 unspecified atom stereocenters. The van der Waals surface area contributed by atoms with Crippen molar-refractivity contribution in [2.45, 2.75) is 68.5 Å². The van der Waals surface area contributed by atoms with E-state index in [2.05, 4.69) is 10.6 Å². The van der Waals surface area contributed by atoms with Crippen molar-refractivity contribution in [1.29, 1.82) is 0 Å². The van der Waals surface area contributed by atoms with E-state index < -0.39 is 53.5 Å². The number of aliphatic hydroxyl groups is 1. The molecule has 13 nitrogen and oxygen atoms in total. The first-order valence-electron chi connectivity index (χ1n) is 16.3. The van der Waals surface area contributed by atoms with Gasteiger partial charge < -0.3 is 34.9 Å². The minimum Gasteiger partial charge on any atom is -0.458 e. The Bertz CT molecular complexity index is 1620. The zero-order valence-corrected chi connectivity index (χ0v) is 26.9. The molecule has 0 aromatic heterocycles. The van der Waals surface area contributed by atoms with Crippen LogP contribution in [0.1, 0.15) is 35.1 Å². The average molecular weight is 661 g/mol. The minimum absolute atomic E-state index is 0.000725. The lowest BCUT2D eigenvalue weighted by Crippen LogP contribution is -2.69. The number of likely N-dealkylation sites (N-methyl/N-ethyl adjacent to an activating group) is 1. The van der Waals surface area contributed by atoms with Gasteiger partial charge in [-0.1, -0.05) is 48.5 Å². The van der Waals surface area contributed by atoms with Gasteiger partial charge in [0, 0.05) is 58.9 Å². The summed E-state index contributed by atoms with van der Waals surface area (Å²) < 4.78 is 19.5. The Labute approximate surface area is 278 Å². The molecule has 1 spiro atoms. The van der Waals surface area contributed by atoms with Crippen LogP contribution in [0.3, 0.4) is 0 Å². The molecule has 3 heterocycles. The Balaban J connectivity index is 1.18. The van der Waals surface area contributed by atoms with Gasteiger partial charge in [0.25, 0.3) is 0 Å². The number of nitrogens with zero attached hydrogens (tertiary/aromatic N) is 2. The topological polar surface area (TPSA) is 156 Å². The van der Waals surface area contributed by atoms with Crippen molar-refractivity contribution in [3.63, 3.8) is 0 Å². The van der Waals surface area contributed by atoms with Gasteiger partial charge in [-0.05, 0) is 28.3 Å². The van der Waals surface area contributed by atoms with E-state index in [1.807, 2.05) is 48.5 Å². The van der Waals surface area contributed by atoms with Crippen LogP contribution in [0.25, 0.3) is 6.08 Å². The van der Waals surface area contributed by atoms with E-state index in [1.54, 1.807) is 20.2 Å². The summed E-state index contributed by atoms with van der Waals surface area (Å²) in [5.74, 6) is -2.45. The maximum atomic E-state index is 14.3. The molecule has 3 aliphatic heterocycles. The maximum absolute atomic E-state index is 14.3. The van der Waals surface area contributed by atoms with Gasteiger partial charge in [-0.25, -0.2) is 0 Å². The van der Waals surface area contributed by atoms with Gasteiger partial charge in [0.1, 0.15) is 29.8 Å². The van der Waals surface area contributed by atoms with Gasteiger partial charge in [0.05, 0.1) is 13.2 Å². The molecule has 2 bridgehead atoms. The second-order valence-corrected chi connectivity index (χ2v) is 13.3.